The standard InChI is InChI=1S/C29H33ClN2O2/c1-22(2)19-20-31-29(34)28(25-11-7-4-8-12-25)32(21-24-13-16-26(30)17-14-24)27(33)18-15-23-9-5-3-6-10-23/h3-14,16-17,22,28H,15,18-21H2,1-2H3,(H,31,34). The molecular formula is C29H33ClN2O2. The van der Waals surface area contributed by atoms with Crippen molar-refractivity contribution in [1.29, 1.82) is 0 Å². The maximum absolute atomic E-state index is 13.6. The van der Waals surface area contributed by atoms with Crippen molar-refractivity contribution in [2.75, 3.05) is 6.54 Å². The molecule has 0 fully saturated rings. The van der Waals surface area contributed by atoms with Gasteiger partial charge in [0, 0.05) is 24.5 Å². The number of aryl methyl sites for hydroxylation is 1. The zero-order chi connectivity index (χ0) is 24.3. The monoisotopic (exact) mass is 476 g/mol. The first-order chi connectivity index (χ1) is 16.4. The Morgan fingerprint density at radius 3 is 2.09 bits per heavy atom. The molecule has 2 amide bonds. The first-order valence-electron chi connectivity index (χ1n) is 11.8. The number of halogens is 1. The minimum Gasteiger partial charge on any atom is -0.354 e. The Bertz CT molecular complexity index is 1040. The number of hydrogen-bond donors (Lipinski definition) is 1. The van der Waals surface area contributed by atoms with Crippen LogP contribution in [0.15, 0.2) is 84.9 Å². The van der Waals surface area contributed by atoms with E-state index >= 15 is 0 Å². The number of nitrogens with one attached hydrogen (secondary N) is 1. The number of amides is 2. The lowest BCUT2D eigenvalue weighted by Gasteiger charge is -2.32. The van der Waals surface area contributed by atoms with Crippen LogP contribution in [-0.2, 0) is 22.6 Å². The van der Waals surface area contributed by atoms with Gasteiger partial charge in [-0.3, -0.25) is 9.59 Å². The van der Waals surface area contributed by atoms with Gasteiger partial charge in [0.15, 0.2) is 0 Å². The molecule has 1 N–H and O–H groups in total. The van der Waals surface area contributed by atoms with Gasteiger partial charge in [0.05, 0.1) is 0 Å². The summed E-state index contributed by atoms with van der Waals surface area (Å²) in [4.78, 5) is 28.8. The Kier molecular flexibility index (Phi) is 9.72. The Labute approximate surface area is 207 Å². The summed E-state index contributed by atoms with van der Waals surface area (Å²) in [7, 11) is 0. The molecule has 0 aliphatic carbocycles. The smallest absolute Gasteiger partial charge is 0.247 e. The van der Waals surface area contributed by atoms with Crippen LogP contribution in [0.25, 0.3) is 0 Å². The second-order valence-electron chi connectivity index (χ2n) is 8.92. The number of carbonyl (C=O) groups is 2. The predicted octanol–water partition coefficient (Wildman–Crippen LogP) is 6.21. The van der Waals surface area contributed by atoms with Crippen molar-refractivity contribution < 1.29 is 9.59 Å². The fourth-order valence-electron chi connectivity index (χ4n) is 3.84. The van der Waals surface area contributed by atoms with Crippen LogP contribution in [0.3, 0.4) is 0 Å². The number of rotatable bonds is 11. The third kappa shape index (κ3) is 7.74. The van der Waals surface area contributed by atoms with Crippen LogP contribution in [0.4, 0.5) is 0 Å². The SMILES string of the molecule is CC(C)CCNC(=O)C(c1ccccc1)N(Cc1ccc(Cl)cc1)C(=O)CCc1ccccc1. The lowest BCUT2D eigenvalue weighted by atomic mass is 10.0. The van der Waals surface area contributed by atoms with E-state index in [2.05, 4.69) is 19.2 Å². The summed E-state index contributed by atoms with van der Waals surface area (Å²) in [6.45, 7) is 5.15. The van der Waals surface area contributed by atoms with Crippen molar-refractivity contribution in [3.05, 3.63) is 107 Å². The number of carbonyl (C=O) groups excluding carboxylic acids is 2. The molecule has 178 valence electrons. The first-order valence-corrected chi connectivity index (χ1v) is 12.2. The highest BCUT2D eigenvalue weighted by atomic mass is 35.5. The molecule has 3 aromatic carbocycles. The third-order valence-corrected chi connectivity index (χ3v) is 6.01. The molecule has 0 bridgehead atoms. The summed E-state index contributed by atoms with van der Waals surface area (Å²) in [5, 5.41) is 3.70. The molecule has 3 aromatic rings. The van der Waals surface area contributed by atoms with Gasteiger partial charge in [0.2, 0.25) is 11.8 Å². The van der Waals surface area contributed by atoms with Crippen molar-refractivity contribution in [1.82, 2.24) is 10.2 Å². The number of hydrogen-bond acceptors (Lipinski definition) is 2. The van der Waals surface area contributed by atoms with Gasteiger partial charge < -0.3 is 10.2 Å². The van der Waals surface area contributed by atoms with E-state index in [-0.39, 0.29) is 11.8 Å². The van der Waals surface area contributed by atoms with Crippen LogP contribution < -0.4 is 5.32 Å². The molecule has 1 atom stereocenters. The third-order valence-electron chi connectivity index (χ3n) is 5.75. The van der Waals surface area contributed by atoms with Crippen LogP contribution in [0.5, 0.6) is 0 Å². The molecule has 0 aliphatic heterocycles. The highest BCUT2D eigenvalue weighted by Gasteiger charge is 2.31. The molecule has 0 spiro atoms. The second-order valence-corrected chi connectivity index (χ2v) is 9.36. The maximum atomic E-state index is 13.6. The largest absolute Gasteiger partial charge is 0.354 e. The average Bonchev–Trinajstić information content (AvgIpc) is 2.84. The normalized spacial score (nSPS) is 11.8. The fraction of sp³-hybridized carbons (Fsp3) is 0.310. The highest BCUT2D eigenvalue weighted by Crippen LogP contribution is 2.25. The van der Waals surface area contributed by atoms with Crippen LogP contribution in [0.1, 0.15) is 49.4 Å². The molecule has 0 saturated carbocycles. The lowest BCUT2D eigenvalue weighted by molar-refractivity contribution is -0.141. The Morgan fingerprint density at radius 2 is 1.47 bits per heavy atom. The van der Waals surface area contributed by atoms with E-state index in [4.69, 9.17) is 11.6 Å². The van der Waals surface area contributed by atoms with Gasteiger partial charge in [-0.25, -0.2) is 0 Å². The van der Waals surface area contributed by atoms with Crippen molar-refractivity contribution in [3.8, 4) is 0 Å². The topological polar surface area (TPSA) is 49.4 Å². The fourth-order valence-corrected chi connectivity index (χ4v) is 3.96. The van der Waals surface area contributed by atoms with Gasteiger partial charge in [-0.1, -0.05) is 98.2 Å². The molecule has 0 aromatic heterocycles. The van der Waals surface area contributed by atoms with E-state index in [1.165, 1.54) is 0 Å². The first kappa shape index (κ1) is 25.5. The Hall–Kier alpha value is -3.11. The molecule has 4 nitrogen and oxygen atoms in total. The van der Waals surface area contributed by atoms with Crippen molar-refractivity contribution >= 4 is 23.4 Å². The van der Waals surface area contributed by atoms with Gasteiger partial charge in [-0.2, -0.15) is 0 Å². The summed E-state index contributed by atoms with van der Waals surface area (Å²) < 4.78 is 0. The van der Waals surface area contributed by atoms with E-state index in [1.807, 2.05) is 84.9 Å². The molecule has 5 heteroatoms. The van der Waals surface area contributed by atoms with Crippen molar-refractivity contribution in [2.24, 2.45) is 5.92 Å². The quantitative estimate of drug-likeness (QED) is 0.358. The van der Waals surface area contributed by atoms with Crippen LogP contribution >= 0.6 is 11.6 Å². The molecule has 1 unspecified atom stereocenters. The zero-order valence-corrected chi connectivity index (χ0v) is 20.7. The number of benzene rings is 3. The summed E-state index contributed by atoms with van der Waals surface area (Å²) in [5.41, 5.74) is 2.82. The van der Waals surface area contributed by atoms with Crippen LogP contribution in [0.2, 0.25) is 5.02 Å². The summed E-state index contributed by atoms with van der Waals surface area (Å²) in [6.07, 6.45) is 1.82. The Morgan fingerprint density at radius 1 is 0.853 bits per heavy atom. The highest BCUT2D eigenvalue weighted by molar-refractivity contribution is 6.30. The predicted molar refractivity (Wildman–Crippen MR) is 138 cm³/mol. The van der Waals surface area contributed by atoms with E-state index in [1.54, 1.807) is 4.90 Å². The number of nitrogens with zero attached hydrogens (tertiary/aromatic N) is 1. The lowest BCUT2D eigenvalue weighted by Crippen LogP contribution is -2.43. The van der Waals surface area contributed by atoms with Crippen LogP contribution in [0, 0.1) is 5.92 Å². The summed E-state index contributed by atoms with van der Waals surface area (Å²) in [6, 6.07) is 26.2. The molecule has 34 heavy (non-hydrogen) atoms. The molecule has 3 rings (SSSR count). The van der Waals surface area contributed by atoms with Gasteiger partial charge in [-0.15, -0.1) is 0 Å². The molecular weight excluding hydrogens is 444 g/mol. The molecule has 0 radical (unpaired) electrons. The molecule has 0 saturated heterocycles. The van der Waals surface area contributed by atoms with E-state index in [0.717, 1.165) is 23.1 Å². The van der Waals surface area contributed by atoms with Crippen LogP contribution in [-0.4, -0.2) is 23.3 Å². The zero-order valence-electron chi connectivity index (χ0n) is 19.9. The minimum absolute atomic E-state index is 0.0633. The van der Waals surface area contributed by atoms with E-state index in [9.17, 15) is 9.59 Å². The van der Waals surface area contributed by atoms with Gasteiger partial charge in [0.25, 0.3) is 0 Å². The molecule has 0 heterocycles. The summed E-state index contributed by atoms with van der Waals surface area (Å²) >= 11 is 6.08. The Balaban J connectivity index is 1.89. The van der Waals surface area contributed by atoms with Gasteiger partial charge in [-0.05, 0) is 47.6 Å². The van der Waals surface area contributed by atoms with E-state index < -0.39 is 6.04 Å². The molecule has 0 aliphatic rings. The minimum atomic E-state index is -0.715. The van der Waals surface area contributed by atoms with Gasteiger partial charge >= 0.3 is 0 Å². The average molecular weight is 477 g/mol. The van der Waals surface area contributed by atoms with Gasteiger partial charge in [0.1, 0.15) is 6.04 Å². The van der Waals surface area contributed by atoms with Crippen molar-refractivity contribution in [2.45, 2.75) is 45.7 Å². The maximum Gasteiger partial charge on any atom is 0.247 e. The van der Waals surface area contributed by atoms with E-state index in [0.29, 0.717) is 36.9 Å². The van der Waals surface area contributed by atoms with Crippen molar-refractivity contribution in [3.63, 3.8) is 0 Å². The summed E-state index contributed by atoms with van der Waals surface area (Å²) in [5.74, 6) is 0.258. The second kappa shape index (κ2) is 13.0.